The highest BCUT2D eigenvalue weighted by atomic mass is 16.5. The number of carboxylic acid groups (broad SMARTS) is 1. The fourth-order valence-corrected chi connectivity index (χ4v) is 1.38. The first kappa shape index (κ1) is 9.51. The van der Waals surface area contributed by atoms with Crippen molar-refractivity contribution >= 4 is 17.6 Å². The first-order valence-electron chi connectivity index (χ1n) is 4.43. The maximum absolute atomic E-state index is 11.4. The Balaban J connectivity index is 2.22. The van der Waals surface area contributed by atoms with Gasteiger partial charge in [-0.2, -0.15) is 0 Å². The van der Waals surface area contributed by atoms with Crippen LogP contribution in [0.1, 0.15) is 6.42 Å². The highest BCUT2D eigenvalue weighted by molar-refractivity contribution is 5.99. The third-order valence-electron chi connectivity index (χ3n) is 2.06. The number of nitrogens with one attached hydrogen (secondary N) is 1. The number of carbonyl (C=O) groups excluding carboxylic acids is 2. The molecule has 0 radical (unpaired) electrons. The Morgan fingerprint density at radius 3 is 2.93 bits per heavy atom. The van der Waals surface area contributed by atoms with Crippen LogP contribution in [0.4, 0.5) is 5.69 Å². The van der Waals surface area contributed by atoms with E-state index in [1.54, 1.807) is 24.3 Å². The molecule has 1 amide bonds. The minimum atomic E-state index is -1.31. The second-order valence-corrected chi connectivity index (χ2v) is 3.17. The van der Waals surface area contributed by atoms with Crippen LogP contribution in [0.25, 0.3) is 0 Å². The molecular weight excluding hydrogens is 198 g/mol. The van der Waals surface area contributed by atoms with Crippen molar-refractivity contribution in [3.05, 3.63) is 24.3 Å². The average molecular weight is 206 g/mol. The van der Waals surface area contributed by atoms with E-state index in [4.69, 9.17) is 4.74 Å². The first-order chi connectivity index (χ1) is 7.16. The molecule has 1 aromatic rings. The Morgan fingerprint density at radius 2 is 2.20 bits per heavy atom. The number of fused-ring (bicyclic) bond motifs is 1. The van der Waals surface area contributed by atoms with Gasteiger partial charge in [0, 0.05) is 12.4 Å². The molecule has 2 rings (SSSR count). The van der Waals surface area contributed by atoms with Gasteiger partial charge in [0.25, 0.3) is 5.91 Å². The molecule has 5 heteroatoms. The average Bonchev–Trinajstić information content (AvgIpc) is 2.18. The van der Waals surface area contributed by atoms with Crippen molar-refractivity contribution in [3.63, 3.8) is 0 Å². The van der Waals surface area contributed by atoms with Crippen LogP contribution >= 0.6 is 0 Å². The third kappa shape index (κ3) is 1.90. The van der Waals surface area contributed by atoms with Gasteiger partial charge in [-0.1, -0.05) is 12.1 Å². The third-order valence-corrected chi connectivity index (χ3v) is 2.06. The Labute approximate surface area is 85.7 Å². The van der Waals surface area contributed by atoms with Crippen LogP contribution in [0.15, 0.2) is 24.3 Å². The molecule has 1 aliphatic heterocycles. The molecule has 1 unspecified atom stereocenters. The van der Waals surface area contributed by atoms with Crippen LogP contribution in [0.3, 0.4) is 0 Å². The molecule has 0 saturated heterocycles. The van der Waals surface area contributed by atoms with Crippen molar-refractivity contribution in [1.29, 1.82) is 0 Å². The number of ether oxygens (including phenoxy) is 1. The van der Waals surface area contributed by atoms with Gasteiger partial charge >= 0.3 is 0 Å². The van der Waals surface area contributed by atoms with Gasteiger partial charge in [-0.25, -0.2) is 0 Å². The van der Waals surface area contributed by atoms with Crippen LogP contribution in [-0.4, -0.2) is 18.0 Å². The Morgan fingerprint density at radius 1 is 1.47 bits per heavy atom. The summed E-state index contributed by atoms with van der Waals surface area (Å²) in [7, 11) is 0. The van der Waals surface area contributed by atoms with E-state index in [2.05, 4.69) is 5.32 Å². The van der Waals surface area contributed by atoms with Crippen LogP contribution in [0.5, 0.6) is 5.75 Å². The van der Waals surface area contributed by atoms with Crippen molar-refractivity contribution in [2.75, 3.05) is 5.32 Å². The predicted molar refractivity (Wildman–Crippen MR) is 49.1 cm³/mol. The minimum absolute atomic E-state index is 0.444. The van der Waals surface area contributed by atoms with Crippen molar-refractivity contribution in [2.45, 2.75) is 12.5 Å². The predicted octanol–water partition coefficient (Wildman–Crippen LogP) is -0.474. The van der Waals surface area contributed by atoms with E-state index in [1.807, 2.05) is 0 Å². The molecule has 5 nitrogen and oxygen atoms in total. The van der Waals surface area contributed by atoms with Gasteiger partial charge in [-0.3, -0.25) is 4.79 Å². The van der Waals surface area contributed by atoms with E-state index in [9.17, 15) is 14.7 Å². The van der Waals surface area contributed by atoms with E-state index in [0.29, 0.717) is 11.4 Å². The monoisotopic (exact) mass is 206 g/mol. The molecule has 0 aliphatic carbocycles. The molecule has 1 heterocycles. The summed E-state index contributed by atoms with van der Waals surface area (Å²) >= 11 is 0. The lowest BCUT2D eigenvalue weighted by Crippen LogP contribution is -2.41. The minimum Gasteiger partial charge on any atom is -0.550 e. The van der Waals surface area contributed by atoms with Crippen LogP contribution in [0.2, 0.25) is 0 Å². The van der Waals surface area contributed by atoms with Crippen LogP contribution in [-0.2, 0) is 9.59 Å². The normalized spacial score (nSPS) is 18.7. The number of carbonyl (C=O) groups is 2. The standard InChI is InChI=1S/C10H9NO4/c12-9(13)5-8-10(14)11-6-3-1-2-4-7(6)15-8/h1-4,8H,5H2,(H,11,14)(H,12,13)/p-1. The number of para-hydroxylation sites is 2. The maximum Gasteiger partial charge on any atom is 0.265 e. The summed E-state index contributed by atoms with van der Waals surface area (Å²) in [6.45, 7) is 0. The summed E-state index contributed by atoms with van der Waals surface area (Å²) in [4.78, 5) is 21.7. The van der Waals surface area contributed by atoms with E-state index in [0.717, 1.165) is 0 Å². The Bertz CT molecular complexity index is 416. The van der Waals surface area contributed by atoms with E-state index < -0.39 is 24.4 Å². The van der Waals surface area contributed by atoms with Crippen molar-refractivity contribution in [3.8, 4) is 5.75 Å². The van der Waals surface area contributed by atoms with Gasteiger partial charge in [-0.15, -0.1) is 0 Å². The van der Waals surface area contributed by atoms with E-state index in [1.165, 1.54) is 0 Å². The summed E-state index contributed by atoms with van der Waals surface area (Å²) in [6, 6.07) is 6.84. The fraction of sp³-hybridized carbons (Fsp3) is 0.200. The zero-order valence-corrected chi connectivity index (χ0v) is 7.73. The second kappa shape index (κ2) is 3.61. The molecule has 0 bridgehead atoms. The van der Waals surface area contributed by atoms with Gasteiger partial charge in [0.2, 0.25) is 0 Å². The molecule has 78 valence electrons. The lowest BCUT2D eigenvalue weighted by atomic mass is 10.2. The highest BCUT2D eigenvalue weighted by Crippen LogP contribution is 2.29. The summed E-state index contributed by atoms with van der Waals surface area (Å²) in [5.74, 6) is -1.30. The van der Waals surface area contributed by atoms with Gasteiger partial charge in [-0.05, 0) is 12.1 Å². The molecule has 1 atom stereocenters. The van der Waals surface area contributed by atoms with Crippen molar-refractivity contribution in [1.82, 2.24) is 0 Å². The molecule has 15 heavy (non-hydrogen) atoms. The summed E-state index contributed by atoms with van der Waals surface area (Å²) < 4.78 is 5.22. The zero-order chi connectivity index (χ0) is 10.8. The van der Waals surface area contributed by atoms with Crippen molar-refractivity contribution in [2.24, 2.45) is 0 Å². The summed E-state index contributed by atoms with van der Waals surface area (Å²) in [5, 5.41) is 12.9. The lowest BCUT2D eigenvalue weighted by molar-refractivity contribution is -0.306. The number of carboxylic acids is 1. The summed E-state index contributed by atoms with van der Waals surface area (Å²) in [6.07, 6.45) is -1.45. The van der Waals surface area contributed by atoms with E-state index >= 15 is 0 Å². The molecular formula is C10H8NO4-. The smallest absolute Gasteiger partial charge is 0.265 e. The Hall–Kier alpha value is -2.04. The first-order valence-corrected chi connectivity index (χ1v) is 4.43. The number of benzene rings is 1. The molecule has 0 spiro atoms. The number of anilines is 1. The van der Waals surface area contributed by atoms with Gasteiger partial charge in [0.05, 0.1) is 5.69 Å². The number of rotatable bonds is 2. The highest BCUT2D eigenvalue weighted by Gasteiger charge is 2.27. The van der Waals surface area contributed by atoms with Gasteiger partial charge < -0.3 is 20.0 Å². The zero-order valence-electron chi connectivity index (χ0n) is 7.73. The van der Waals surface area contributed by atoms with Crippen molar-refractivity contribution < 1.29 is 19.4 Å². The quantitative estimate of drug-likeness (QED) is 0.709. The Kier molecular flexibility index (Phi) is 2.29. The number of hydrogen-bond acceptors (Lipinski definition) is 4. The number of aliphatic carboxylic acids is 1. The number of amides is 1. The number of hydrogen-bond donors (Lipinski definition) is 1. The fourth-order valence-electron chi connectivity index (χ4n) is 1.38. The van der Waals surface area contributed by atoms with Gasteiger partial charge in [0.1, 0.15) is 5.75 Å². The molecule has 1 N–H and O–H groups in total. The van der Waals surface area contributed by atoms with Gasteiger partial charge in [0.15, 0.2) is 6.10 Å². The van der Waals surface area contributed by atoms with E-state index in [-0.39, 0.29) is 0 Å². The second-order valence-electron chi connectivity index (χ2n) is 3.17. The SMILES string of the molecule is O=C([O-])CC1Oc2ccccc2NC1=O. The summed E-state index contributed by atoms with van der Waals surface area (Å²) in [5.41, 5.74) is 0.553. The van der Waals surface area contributed by atoms with Crippen LogP contribution in [0, 0.1) is 0 Å². The molecule has 0 fully saturated rings. The largest absolute Gasteiger partial charge is 0.550 e. The topological polar surface area (TPSA) is 78.5 Å². The molecule has 1 aromatic carbocycles. The molecule has 1 aliphatic rings. The van der Waals surface area contributed by atoms with Crippen LogP contribution < -0.4 is 15.2 Å². The lowest BCUT2D eigenvalue weighted by Gasteiger charge is -2.25. The molecule has 0 aromatic heterocycles. The molecule has 0 saturated carbocycles. The maximum atomic E-state index is 11.4.